The molecule has 0 saturated carbocycles. The summed E-state index contributed by atoms with van der Waals surface area (Å²) >= 11 is 0. The number of ketones is 3. The van der Waals surface area contributed by atoms with Crippen molar-refractivity contribution in [3.05, 3.63) is 229 Å². The average Bonchev–Trinajstić information content (AvgIpc) is 1.72. The maximum atomic E-state index is 13.7. The van der Waals surface area contributed by atoms with Gasteiger partial charge >= 0.3 is 42.7 Å². The number of benzene rings is 6. The zero-order valence-corrected chi connectivity index (χ0v) is 48.1. The topological polar surface area (TPSA) is 260 Å². The Labute approximate surface area is 522 Å². The van der Waals surface area contributed by atoms with Crippen molar-refractivity contribution in [2.24, 2.45) is 0 Å². The van der Waals surface area contributed by atoms with Crippen LogP contribution in [0.1, 0.15) is 107 Å². The number of carbonyl (C=O) groups excluding carboxylic acids is 7. The molecule has 0 radical (unpaired) electrons. The molecule has 4 N–H and O–H groups in total. The molecule has 0 saturated heterocycles. The number of anilines is 3. The highest BCUT2D eigenvalue weighted by molar-refractivity contribution is 6.13. The number of nitrogens with zero attached hydrogens (tertiary/aromatic N) is 7. The van der Waals surface area contributed by atoms with Crippen molar-refractivity contribution >= 4 is 58.5 Å². The molecule has 3 aliphatic carbocycles. The third-order valence-corrected chi connectivity index (χ3v) is 15.9. The van der Waals surface area contributed by atoms with E-state index in [-0.39, 0.29) is 90.8 Å². The number of nitriles is 3. The van der Waals surface area contributed by atoms with Crippen molar-refractivity contribution in [1.82, 2.24) is 20.9 Å². The minimum absolute atomic E-state index is 0.0201. The maximum absolute atomic E-state index is 13.7. The number of aliphatic hydroxyl groups excluding tert-OH is 1. The fourth-order valence-electron chi connectivity index (χ4n) is 11.7. The minimum atomic E-state index is -4.67. The summed E-state index contributed by atoms with van der Waals surface area (Å²) in [6.07, 6.45) is -12.7. The Hall–Kier alpha value is -11.4. The summed E-state index contributed by atoms with van der Waals surface area (Å²) in [4.78, 5) is 94.6. The van der Waals surface area contributed by atoms with Crippen LogP contribution < -0.4 is 30.7 Å². The van der Waals surface area contributed by atoms with Gasteiger partial charge in [-0.25, -0.2) is 24.1 Å². The summed E-state index contributed by atoms with van der Waals surface area (Å²) in [6, 6.07) is 32.3. The largest absolute Gasteiger partial charge is 0.416 e. The number of Topliss-reactive ketones (excluding diaryl/α,β-unsaturated/α-hetero) is 3. The third kappa shape index (κ3) is 13.0. The molecule has 0 spiro atoms. The first-order chi connectivity index (χ1) is 44.2. The highest BCUT2D eigenvalue weighted by Gasteiger charge is 2.50. The molecule has 3 aliphatic heterocycles. The molecule has 12 rings (SSSR count). The van der Waals surface area contributed by atoms with Crippen molar-refractivity contribution < 1.29 is 78.2 Å². The van der Waals surface area contributed by atoms with Gasteiger partial charge in [-0.2, -0.15) is 55.3 Å². The van der Waals surface area contributed by atoms with Gasteiger partial charge in [0.25, 0.3) is 0 Å². The second-order valence-electron chi connectivity index (χ2n) is 21.5. The average molecular weight is 1280 g/mol. The SMILES string of the molecule is N#Cc1ccc(C2NC(=O)N(c3cccc(C(F)(F)F)c3)C3=C2C(=O)CC3)cc1.N#Cc1ccc([C@@H]2C3=C(CCC3=O)N(c3cccc(C(F)(F)F)c3)C(=O)N2C(=O)NCCO)cc1.N#Cc1ccc([C@H]2NC(=O)N(c3cccc(C(F)(F)F)c3)C3=C2C(=O)CC3)cc1. The van der Waals surface area contributed by atoms with Crippen molar-refractivity contribution in [2.75, 3.05) is 27.9 Å². The van der Waals surface area contributed by atoms with E-state index in [1.165, 1.54) is 54.6 Å². The second kappa shape index (κ2) is 25.9. The van der Waals surface area contributed by atoms with Crippen molar-refractivity contribution in [2.45, 2.75) is 75.2 Å². The molecule has 0 bridgehead atoms. The molecule has 0 aromatic heterocycles. The van der Waals surface area contributed by atoms with Crippen LogP contribution in [-0.4, -0.2) is 64.6 Å². The molecular weight excluding hydrogens is 1230 g/mol. The number of imide groups is 1. The lowest BCUT2D eigenvalue weighted by molar-refractivity contribution is -0.138. The van der Waals surface area contributed by atoms with Crippen LogP contribution in [0.3, 0.4) is 0 Å². The lowest BCUT2D eigenvalue weighted by Gasteiger charge is -2.41. The molecule has 18 nitrogen and oxygen atoms in total. The lowest BCUT2D eigenvalue weighted by atomic mass is 9.92. The fraction of sp³-hybridized carbons (Fsp3) is 0.212. The van der Waals surface area contributed by atoms with Crippen LogP contribution in [0.4, 0.5) is 75.8 Å². The molecule has 6 aliphatic rings. The van der Waals surface area contributed by atoms with E-state index < -0.39 is 84.1 Å². The number of carbonyl (C=O) groups is 7. The molecular formula is C66H47F9N10O8. The van der Waals surface area contributed by atoms with Gasteiger partial charge in [0, 0.05) is 59.6 Å². The first kappa shape index (κ1) is 64.6. The standard InChI is InChI=1S/C24H19F3N4O4.2C21H14F3N3O2/c25-24(26,27)16-2-1-3-17(12-16)30-18-8-9-19(33)20(18)21(15-6-4-14(13-28)5-7-15)31(23(30)35)22(34)29-10-11-32;2*22-21(23,24)14-2-1-3-15(10-14)27-16-8-9-17(28)18(16)19(26-20(27)29)13-6-4-12(11-25)5-7-13/h1-7,12,21,32H,8-11H2,(H,29,34);2*1-7,10,19H,8-9H2,(H,26,29)/t21-;19-;/m11./s1. The Morgan fingerprint density at radius 3 is 1.15 bits per heavy atom. The number of allylic oxidation sites excluding steroid dienone is 3. The second-order valence-corrected chi connectivity index (χ2v) is 21.5. The van der Waals surface area contributed by atoms with Crippen LogP contribution in [0.25, 0.3) is 0 Å². The quantitative estimate of drug-likeness (QED) is 0.104. The van der Waals surface area contributed by atoms with E-state index >= 15 is 0 Å². The molecule has 0 fully saturated rings. The van der Waals surface area contributed by atoms with Gasteiger partial charge in [-0.15, -0.1) is 0 Å². The predicted octanol–water partition coefficient (Wildman–Crippen LogP) is 12.8. The summed E-state index contributed by atoms with van der Waals surface area (Å²) in [5.41, 5.74) is 1.97. The number of alkyl halides is 9. The number of hydrogen-bond acceptors (Lipinski definition) is 11. The van der Waals surface area contributed by atoms with Crippen LogP contribution in [-0.2, 0) is 32.9 Å². The molecule has 6 aromatic rings. The summed E-state index contributed by atoms with van der Waals surface area (Å²) in [5, 5.41) is 43.9. The van der Waals surface area contributed by atoms with Crippen LogP contribution in [0.5, 0.6) is 0 Å². The van der Waals surface area contributed by atoms with E-state index in [0.29, 0.717) is 55.9 Å². The number of amides is 8. The van der Waals surface area contributed by atoms with Gasteiger partial charge in [0.05, 0.1) is 93.4 Å². The smallest absolute Gasteiger partial charge is 0.395 e. The molecule has 472 valence electrons. The van der Waals surface area contributed by atoms with Crippen LogP contribution in [0.2, 0.25) is 0 Å². The number of urea groups is 4. The lowest BCUT2D eigenvalue weighted by Crippen LogP contribution is -2.55. The van der Waals surface area contributed by atoms with Gasteiger partial charge in [-0.3, -0.25) is 29.1 Å². The summed E-state index contributed by atoms with van der Waals surface area (Å²) < 4.78 is 119. The van der Waals surface area contributed by atoms with Crippen LogP contribution in [0, 0.1) is 34.0 Å². The highest BCUT2D eigenvalue weighted by atomic mass is 19.4. The van der Waals surface area contributed by atoms with Gasteiger partial charge in [0.1, 0.15) is 0 Å². The Morgan fingerprint density at radius 1 is 0.473 bits per heavy atom. The van der Waals surface area contributed by atoms with Gasteiger partial charge in [-0.1, -0.05) is 54.6 Å². The number of nitrogens with one attached hydrogen (secondary N) is 3. The van der Waals surface area contributed by atoms with Crippen molar-refractivity contribution in [1.29, 1.82) is 15.8 Å². The Kier molecular flexibility index (Phi) is 18.0. The van der Waals surface area contributed by atoms with E-state index in [4.69, 9.17) is 20.9 Å². The molecule has 3 atom stereocenters. The number of halogens is 9. The first-order valence-corrected chi connectivity index (χ1v) is 28.3. The van der Waals surface area contributed by atoms with Crippen molar-refractivity contribution in [3.63, 3.8) is 0 Å². The van der Waals surface area contributed by atoms with E-state index in [1.54, 1.807) is 48.5 Å². The van der Waals surface area contributed by atoms with Crippen molar-refractivity contribution in [3.8, 4) is 18.2 Å². The molecule has 3 heterocycles. The predicted molar refractivity (Wildman–Crippen MR) is 312 cm³/mol. The molecule has 93 heavy (non-hydrogen) atoms. The Balaban J connectivity index is 0.000000153. The van der Waals surface area contributed by atoms with Gasteiger partial charge in [0.2, 0.25) is 0 Å². The molecule has 1 unspecified atom stereocenters. The number of rotatable bonds is 8. The molecule has 27 heteroatoms. The van der Waals surface area contributed by atoms with Gasteiger partial charge in [0.15, 0.2) is 17.3 Å². The Bertz CT molecular complexity index is 4120. The van der Waals surface area contributed by atoms with E-state index in [9.17, 15) is 73.1 Å². The molecule has 8 amide bonds. The zero-order chi connectivity index (χ0) is 66.8. The van der Waals surface area contributed by atoms with E-state index in [1.807, 2.05) is 18.2 Å². The minimum Gasteiger partial charge on any atom is -0.395 e. The number of hydrogen-bond donors (Lipinski definition) is 4. The first-order valence-electron chi connectivity index (χ1n) is 28.3. The summed E-state index contributed by atoms with van der Waals surface area (Å²) in [5.74, 6) is -0.670. The summed E-state index contributed by atoms with van der Waals surface area (Å²) in [7, 11) is 0. The van der Waals surface area contributed by atoms with Gasteiger partial charge in [-0.05, 0) is 127 Å². The normalized spacial score (nSPS) is 18.7. The van der Waals surface area contributed by atoms with E-state index in [0.717, 1.165) is 62.1 Å². The van der Waals surface area contributed by atoms with Gasteiger partial charge < -0.3 is 21.1 Å². The summed E-state index contributed by atoms with van der Waals surface area (Å²) in [6.45, 7) is -0.606. The monoisotopic (exact) mass is 1280 g/mol. The van der Waals surface area contributed by atoms with Crippen LogP contribution in [0.15, 0.2) is 179 Å². The molecule has 6 aromatic carbocycles. The number of aliphatic hydroxyl groups is 1. The third-order valence-electron chi connectivity index (χ3n) is 15.9. The zero-order valence-electron chi connectivity index (χ0n) is 48.1. The van der Waals surface area contributed by atoms with E-state index in [2.05, 4.69) is 16.0 Å². The fourth-order valence-corrected chi connectivity index (χ4v) is 11.7. The Morgan fingerprint density at radius 2 is 0.806 bits per heavy atom. The highest BCUT2D eigenvalue weighted by Crippen LogP contribution is 2.48. The van der Waals surface area contributed by atoms with Crippen LogP contribution >= 0.6 is 0 Å². The maximum Gasteiger partial charge on any atom is 0.416 e.